The van der Waals surface area contributed by atoms with Crippen molar-refractivity contribution in [3.8, 4) is 5.88 Å². The number of imidazole rings is 1. The summed E-state index contributed by atoms with van der Waals surface area (Å²) in [6, 6.07) is 0. The number of fused-ring (bicyclic) bond motifs is 1. The molecule has 0 spiro atoms. The Hall–Kier alpha value is -2.26. The van der Waals surface area contributed by atoms with Crippen LogP contribution >= 0.6 is 0 Å². The summed E-state index contributed by atoms with van der Waals surface area (Å²) in [7, 11) is 0. The summed E-state index contributed by atoms with van der Waals surface area (Å²) in [5, 5.41) is 11.8. The van der Waals surface area contributed by atoms with Crippen molar-refractivity contribution in [1.82, 2.24) is 19.5 Å². The Labute approximate surface area is 132 Å². The van der Waals surface area contributed by atoms with E-state index in [1.807, 2.05) is 6.92 Å². The second kappa shape index (κ2) is 6.47. The third kappa shape index (κ3) is 3.10. The maximum atomic E-state index is 11.3. The molecule has 9 heteroatoms. The van der Waals surface area contributed by atoms with Crippen molar-refractivity contribution in [3.05, 3.63) is 6.33 Å². The van der Waals surface area contributed by atoms with Crippen LogP contribution < -0.4 is 10.1 Å². The Morgan fingerprint density at radius 3 is 3.00 bits per heavy atom. The van der Waals surface area contributed by atoms with Crippen LogP contribution in [0, 0.1) is 0 Å². The second-order valence-electron chi connectivity index (χ2n) is 5.26. The van der Waals surface area contributed by atoms with Crippen LogP contribution in [0.1, 0.15) is 32.9 Å². The van der Waals surface area contributed by atoms with Gasteiger partial charge in [-0.1, -0.05) is 0 Å². The summed E-state index contributed by atoms with van der Waals surface area (Å²) in [5.74, 6) is 0.207. The van der Waals surface area contributed by atoms with Gasteiger partial charge in [0.25, 0.3) is 0 Å². The Balaban J connectivity index is 2.02. The van der Waals surface area contributed by atoms with Gasteiger partial charge >= 0.3 is 0 Å². The zero-order valence-corrected chi connectivity index (χ0v) is 13.0. The van der Waals surface area contributed by atoms with E-state index < -0.39 is 0 Å². The molecule has 1 fully saturated rings. The third-order valence-corrected chi connectivity index (χ3v) is 3.56. The van der Waals surface area contributed by atoms with Gasteiger partial charge in [0.2, 0.25) is 17.7 Å². The molecule has 124 valence electrons. The first-order chi connectivity index (χ1) is 11.1. The lowest BCUT2D eigenvalue weighted by molar-refractivity contribution is -0.114. The molecule has 0 saturated carbocycles. The number of hydrogen-bond acceptors (Lipinski definition) is 7. The van der Waals surface area contributed by atoms with Gasteiger partial charge in [0, 0.05) is 6.92 Å². The molecule has 1 saturated heterocycles. The number of carbonyl (C=O) groups excluding carboxylic acids is 1. The lowest BCUT2D eigenvalue weighted by atomic mass is 10.2. The van der Waals surface area contributed by atoms with E-state index in [0.29, 0.717) is 23.7 Å². The monoisotopic (exact) mass is 321 g/mol. The number of aromatic nitrogens is 4. The number of rotatable bonds is 5. The van der Waals surface area contributed by atoms with Crippen molar-refractivity contribution < 1.29 is 19.4 Å². The number of nitrogens with one attached hydrogen (secondary N) is 1. The van der Waals surface area contributed by atoms with Crippen molar-refractivity contribution >= 4 is 23.0 Å². The molecule has 0 radical (unpaired) electrons. The fourth-order valence-electron chi connectivity index (χ4n) is 2.58. The number of anilines is 1. The van der Waals surface area contributed by atoms with E-state index in [0.717, 1.165) is 12.8 Å². The molecule has 0 aliphatic carbocycles. The zero-order chi connectivity index (χ0) is 16.4. The molecule has 23 heavy (non-hydrogen) atoms. The highest BCUT2D eigenvalue weighted by molar-refractivity contribution is 5.88. The molecule has 9 nitrogen and oxygen atoms in total. The molecule has 0 bridgehead atoms. The predicted molar refractivity (Wildman–Crippen MR) is 81.0 cm³/mol. The smallest absolute Gasteiger partial charge is 0.247 e. The van der Waals surface area contributed by atoms with Crippen LogP contribution in [0.15, 0.2) is 6.33 Å². The van der Waals surface area contributed by atoms with Crippen molar-refractivity contribution in [3.63, 3.8) is 0 Å². The molecule has 0 aromatic carbocycles. The van der Waals surface area contributed by atoms with Crippen molar-refractivity contribution in [2.75, 3.05) is 18.5 Å². The fraction of sp³-hybridized carbons (Fsp3) is 0.571. The molecule has 2 N–H and O–H groups in total. The highest BCUT2D eigenvalue weighted by Crippen LogP contribution is 2.32. The summed E-state index contributed by atoms with van der Waals surface area (Å²) < 4.78 is 13.0. The number of amides is 1. The average molecular weight is 321 g/mol. The number of ether oxygens (including phenoxy) is 2. The van der Waals surface area contributed by atoms with Crippen LogP contribution in [0.2, 0.25) is 0 Å². The number of aliphatic hydroxyl groups is 1. The molecule has 2 atom stereocenters. The normalized spacial score (nSPS) is 20.8. The molecule has 1 amide bonds. The zero-order valence-electron chi connectivity index (χ0n) is 13.0. The first-order valence-electron chi connectivity index (χ1n) is 7.53. The minimum atomic E-state index is -0.268. The highest BCUT2D eigenvalue weighted by Gasteiger charge is 2.28. The van der Waals surface area contributed by atoms with Gasteiger partial charge in [0.15, 0.2) is 11.2 Å². The molecule has 2 aromatic rings. The van der Waals surface area contributed by atoms with Crippen LogP contribution in [0.5, 0.6) is 5.88 Å². The largest absolute Gasteiger partial charge is 0.476 e. The van der Waals surface area contributed by atoms with E-state index in [-0.39, 0.29) is 30.8 Å². The van der Waals surface area contributed by atoms with Gasteiger partial charge in [-0.15, -0.1) is 0 Å². The number of nitrogens with zero attached hydrogens (tertiary/aromatic N) is 4. The Morgan fingerprint density at radius 1 is 1.52 bits per heavy atom. The summed E-state index contributed by atoms with van der Waals surface area (Å²) in [4.78, 5) is 24.1. The maximum Gasteiger partial charge on any atom is 0.247 e. The first-order valence-corrected chi connectivity index (χ1v) is 7.53. The van der Waals surface area contributed by atoms with E-state index in [4.69, 9.17) is 9.47 Å². The minimum absolute atomic E-state index is 0.0144. The number of hydrogen-bond donors (Lipinski definition) is 2. The topological polar surface area (TPSA) is 111 Å². The summed E-state index contributed by atoms with van der Waals surface area (Å²) in [5.41, 5.74) is 1.03. The molecule has 2 aromatic heterocycles. The van der Waals surface area contributed by atoms with Gasteiger partial charge in [-0.05, 0) is 19.8 Å². The number of aliphatic hydroxyl groups excluding tert-OH is 1. The van der Waals surface area contributed by atoms with E-state index in [1.54, 1.807) is 10.9 Å². The third-order valence-electron chi connectivity index (χ3n) is 3.56. The van der Waals surface area contributed by atoms with Crippen LogP contribution in [0.3, 0.4) is 0 Å². The van der Waals surface area contributed by atoms with Crippen LogP contribution in [-0.4, -0.2) is 49.9 Å². The Bertz CT molecular complexity index is 717. The van der Waals surface area contributed by atoms with Crippen molar-refractivity contribution in [1.29, 1.82) is 0 Å². The minimum Gasteiger partial charge on any atom is -0.476 e. The molecule has 2 unspecified atom stereocenters. The summed E-state index contributed by atoms with van der Waals surface area (Å²) in [6.45, 7) is 3.64. The van der Waals surface area contributed by atoms with Gasteiger partial charge in [0.1, 0.15) is 6.23 Å². The standard InChI is InChI=1S/C14H19N5O4/c1-3-22-13-11-12(17-14(18-13)16-8(2)21)19(7-15-11)10-5-4-9(6-20)23-10/h7,9-10,20H,3-6H2,1-2H3,(H,16,17,18,21). The quantitative estimate of drug-likeness (QED) is 0.839. The second-order valence-corrected chi connectivity index (χ2v) is 5.26. The Morgan fingerprint density at radius 2 is 2.35 bits per heavy atom. The number of carbonyl (C=O) groups is 1. The van der Waals surface area contributed by atoms with E-state index in [2.05, 4.69) is 20.3 Å². The predicted octanol–water partition coefficient (Wildman–Crippen LogP) is 0.853. The van der Waals surface area contributed by atoms with Gasteiger partial charge in [-0.3, -0.25) is 14.7 Å². The van der Waals surface area contributed by atoms with E-state index in [1.165, 1.54) is 6.92 Å². The lowest BCUT2D eigenvalue weighted by Gasteiger charge is -2.14. The molecule has 3 heterocycles. The van der Waals surface area contributed by atoms with Gasteiger partial charge in [-0.2, -0.15) is 9.97 Å². The lowest BCUT2D eigenvalue weighted by Crippen LogP contribution is -2.15. The fourth-order valence-corrected chi connectivity index (χ4v) is 2.58. The van der Waals surface area contributed by atoms with Gasteiger partial charge in [0.05, 0.1) is 25.6 Å². The first kappa shape index (κ1) is 15.6. The summed E-state index contributed by atoms with van der Waals surface area (Å²) >= 11 is 0. The Kier molecular flexibility index (Phi) is 4.39. The SMILES string of the molecule is CCOc1nc(NC(C)=O)nc2c1ncn2C1CCC(CO)O1. The maximum absolute atomic E-state index is 11.3. The molecular weight excluding hydrogens is 302 g/mol. The average Bonchev–Trinajstić information content (AvgIpc) is 3.12. The highest BCUT2D eigenvalue weighted by atomic mass is 16.5. The van der Waals surface area contributed by atoms with Crippen LogP contribution in [0.4, 0.5) is 5.95 Å². The van der Waals surface area contributed by atoms with Crippen molar-refractivity contribution in [2.24, 2.45) is 0 Å². The molecular formula is C14H19N5O4. The van der Waals surface area contributed by atoms with Crippen LogP contribution in [0.25, 0.3) is 11.2 Å². The van der Waals surface area contributed by atoms with Gasteiger partial charge in [-0.25, -0.2) is 4.98 Å². The van der Waals surface area contributed by atoms with Gasteiger partial charge < -0.3 is 14.6 Å². The summed E-state index contributed by atoms with van der Waals surface area (Å²) in [6.07, 6.45) is 2.69. The van der Waals surface area contributed by atoms with Crippen LogP contribution in [-0.2, 0) is 9.53 Å². The molecule has 1 aliphatic rings. The van der Waals surface area contributed by atoms with Crippen molar-refractivity contribution in [2.45, 2.75) is 39.0 Å². The molecule has 1 aliphatic heterocycles. The molecule has 3 rings (SSSR count). The van der Waals surface area contributed by atoms with E-state index >= 15 is 0 Å². The van der Waals surface area contributed by atoms with E-state index in [9.17, 15) is 9.90 Å².